The molecular formula is C10H12O3. The first kappa shape index (κ1) is 9.86. The second-order valence-corrected chi connectivity index (χ2v) is 2.72. The van der Waals surface area contributed by atoms with Crippen molar-refractivity contribution in [2.75, 3.05) is 13.2 Å². The van der Waals surface area contributed by atoms with Crippen LogP contribution < -0.4 is 0 Å². The van der Waals surface area contributed by atoms with Crippen molar-refractivity contribution in [3.8, 4) is 0 Å². The first-order valence-electron chi connectivity index (χ1n) is 4.28. The van der Waals surface area contributed by atoms with E-state index in [0.717, 1.165) is 0 Å². The second kappa shape index (κ2) is 4.72. The predicted octanol–water partition coefficient (Wildman–Crippen LogP) is 1.05. The lowest BCUT2D eigenvalue weighted by molar-refractivity contribution is -0.114. The molecule has 0 aliphatic heterocycles. The van der Waals surface area contributed by atoms with Crippen molar-refractivity contribution in [2.24, 2.45) is 0 Å². The van der Waals surface area contributed by atoms with Crippen molar-refractivity contribution in [3.05, 3.63) is 23.8 Å². The van der Waals surface area contributed by atoms with Crippen LogP contribution >= 0.6 is 0 Å². The molecule has 0 aromatic heterocycles. The van der Waals surface area contributed by atoms with E-state index in [1.165, 1.54) is 18.2 Å². The molecule has 0 saturated carbocycles. The number of hydrogen-bond donors (Lipinski definition) is 0. The van der Waals surface area contributed by atoms with E-state index < -0.39 is 0 Å². The molecule has 0 unspecified atom stereocenters. The van der Waals surface area contributed by atoms with E-state index in [1.807, 2.05) is 6.92 Å². The highest BCUT2D eigenvalue weighted by Gasteiger charge is 2.12. The van der Waals surface area contributed by atoms with E-state index in [0.29, 0.717) is 25.2 Å². The van der Waals surface area contributed by atoms with E-state index in [4.69, 9.17) is 4.74 Å². The molecule has 0 N–H and O–H groups in total. The van der Waals surface area contributed by atoms with Gasteiger partial charge in [-0.1, -0.05) is 0 Å². The zero-order valence-electron chi connectivity index (χ0n) is 7.58. The molecule has 70 valence electrons. The normalized spacial score (nSPS) is 16.2. The first-order valence-corrected chi connectivity index (χ1v) is 4.28. The van der Waals surface area contributed by atoms with Gasteiger partial charge in [-0.2, -0.15) is 0 Å². The summed E-state index contributed by atoms with van der Waals surface area (Å²) in [5, 5.41) is 0. The lowest BCUT2D eigenvalue weighted by Crippen LogP contribution is -2.09. The van der Waals surface area contributed by atoms with E-state index in [9.17, 15) is 9.59 Å². The Morgan fingerprint density at radius 2 is 2.08 bits per heavy atom. The minimum Gasteiger partial charge on any atom is -0.381 e. The van der Waals surface area contributed by atoms with Gasteiger partial charge in [-0.05, 0) is 31.6 Å². The third-order valence-electron chi connectivity index (χ3n) is 1.75. The predicted molar refractivity (Wildman–Crippen MR) is 48.3 cm³/mol. The van der Waals surface area contributed by atoms with Gasteiger partial charge in [-0.15, -0.1) is 0 Å². The zero-order chi connectivity index (χ0) is 9.68. The van der Waals surface area contributed by atoms with Crippen molar-refractivity contribution in [2.45, 2.75) is 13.3 Å². The van der Waals surface area contributed by atoms with Crippen molar-refractivity contribution < 1.29 is 14.3 Å². The number of ether oxygens (including phenoxy) is 1. The molecule has 0 heterocycles. The highest BCUT2D eigenvalue weighted by atomic mass is 16.5. The van der Waals surface area contributed by atoms with Crippen molar-refractivity contribution in [1.82, 2.24) is 0 Å². The summed E-state index contributed by atoms with van der Waals surface area (Å²) in [7, 11) is 0. The van der Waals surface area contributed by atoms with Crippen LogP contribution in [0.5, 0.6) is 0 Å². The van der Waals surface area contributed by atoms with Crippen molar-refractivity contribution in [1.29, 1.82) is 0 Å². The Morgan fingerprint density at radius 3 is 2.77 bits per heavy atom. The van der Waals surface area contributed by atoms with E-state index >= 15 is 0 Å². The molecule has 0 spiro atoms. The van der Waals surface area contributed by atoms with E-state index in [1.54, 1.807) is 0 Å². The van der Waals surface area contributed by atoms with Crippen LogP contribution in [0.4, 0.5) is 0 Å². The number of allylic oxidation sites excluding steroid dienone is 3. The molecule has 0 fully saturated rings. The maximum absolute atomic E-state index is 11.2. The number of carbonyl (C=O) groups excluding carboxylic acids is 2. The lowest BCUT2D eigenvalue weighted by atomic mass is 10.0. The fraction of sp³-hybridized carbons (Fsp3) is 0.400. The van der Waals surface area contributed by atoms with Gasteiger partial charge in [0.2, 0.25) is 0 Å². The third kappa shape index (κ3) is 2.95. The molecule has 0 aromatic carbocycles. The molecule has 1 aliphatic carbocycles. The highest BCUT2D eigenvalue weighted by Crippen LogP contribution is 2.09. The largest absolute Gasteiger partial charge is 0.381 e. The molecule has 0 saturated heterocycles. The Balaban J connectivity index is 2.48. The molecule has 1 aliphatic rings. The quantitative estimate of drug-likeness (QED) is 0.479. The molecule has 0 radical (unpaired) electrons. The first-order chi connectivity index (χ1) is 6.24. The summed E-state index contributed by atoms with van der Waals surface area (Å²) < 4.78 is 5.09. The van der Waals surface area contributed by atoms with Crippen molar-refractivity contribution >= 4 is 11.6 Å². The number of rotatable bonds is 4. The van der Waals surface area contributed by atoms with Gasteiger partial charge in [0.25, 0.3) is 0 Å². The van der Waals surface area contributed by atoms with Crippen LogP contribution in [0.3, 0.4) is 0 Å². The summed E-state index contributed by atoms with van der Waals surface area (Å²) in [6.07, 6.45) is 4.49. The zero-order valence-corrected chi connectivity index (χ0v) is 7.58. The maximum Gasteiger partial charge on any atom is 0.182 e. The molecule has 0 bridgehead atoms. The minimum absolute atomic E-state index is 0.0840. The molecule has 3 nitrogen and oxygen atoms in total. The summed E-state index contributed by atoms with van der Waals surface area (Å²) in [5.74, 6) is -0.203. The topological polar surface area (TPSA) is 43.4 Å². The number of ketones is 2. The fourth-order valence-corrected chi connectivity index (χ4v) is 1.08. The summed E-state index contributed by atoms with van der Waals surface area (Å²) in [6, 6.07) is 0. The maximum atomic E-state index is 11.2. The van der Waals surface area contributed by atoms with Gasteiger partial charge in [0, 0.05) is 12.2 Å². The van der Waals surface area contributed by atoms with Gasteiger partial charge in [0.05, 0.1) is 6.61 Å². The Labute approximate surface area is 77.1 Å². The van der Waals surface area contributed by atoms with Gasteiger partial charge >= 0.3 is 0 Å². The summed E-state index contributed by atoms with van der Waals surface area (Å²) in [4.78, 5) is 22.1. The van der Waals surface area contributed by atoms with Crippen molar-refractivity contribution in [3.63, 3.8) is 0 Å². The molecule has 0 amide bonds. The molecule has 1 rings (SSSR count). The van der Waals surface area contributed by atoms with Gasteiger partial charge in [0.1, 0.15) is 0 Å². The Hall–Kier alpha value is -1.22. The van der Waals surface area contributed by atoms with E-state index in [-0.39, 0.29) is 11.6 Å². The Bertz CT molecular complexity index is 274. The molecular weight excluding hydrogens is 168 g/mol. The SMILES string of the molecule is CCOCCC1=CC(=O)C=CC1=O. The van der Waals surface area contributed by atoms with Crippen LogP contribution in [0.2, 0.25) is 0 Å². The monoisotopic (exact) mass is 180 g/mol. The second-order valence-electron chi connectivity index (χ2n) is 2.72. The summed E-state index contributed by atoms with van der Waals surface area (Å²) >= 11 is 0. The summed E-state index contributed by atoms with van der Waals surface area (Å²) in [5.41, 5.74) is 0.543. The average molecular weight is 180 g/mol. The molecule has 3 heteroatoms. The van der Waals surface area contributed by atoms with Crippen LogP contribution in [-0.2, 0) is 14.3 Å². The van der Waals surface area contributed by atoms with Gasteiger partial charge in [-0.3, -0.25) is 9.59 Å². The number of hydrogen-bond acceptors (Lipinski definition) is 3. The van der Waals surface area contributed by atoms with Crippen LogP contribution in [0.1, 0.15) is 13.3 Å². The van der Waals surface area contributed by atoms with Gasteiger partial charge in [0.15, 0.2) is 11.6 Å². The van der Waals surface area contributed by atoms with Gasteiger partial charge in [-0.25, -0.2) is 0 Å². The van der Waals surface area contributed by atoms with Crippen LogP contribution in [-0.4, -0.2) is 24.8 Å². The fourth-order valence-electron chi connectivity index (χ4n) is 1.08. The third-order valence-corrected chi connectivity index (χ3v) is 1.75. The lowest BCUT2D eigenvalue weighted by Gasteiger charge is -2.06. The Morgan fingerprint density at radius 1 is 1.31 bits per heavy atom. The average Bonchev–Trinajstić information content (AvgIpc) is 2.11. The highest BCUT2D eigenvalue weighted by molar-refractivity contribution is 6.17. The molecule has 0 atom stereocenters. The number of carbonyl (C=O) groups is 2. The Kier molecular flexibility index (Phi) is 3.58. The van der Waals surface area contributed by atoms with E-state index in [2.05, 4.69) is 0 Å². The van der Waals surface area contributed by atoms with Crippen LogP contribution in [0, 0.1) is 0 Å². The smallest absolute Gasteiger partial charge is 0.182 e. The minimum atomic E-state index is -0.119. The van der Waals surface area contributed by atoms with Crippen LogP contribution in [0.25, 0.3) is 0 Å². The van der Waals surface area contributed by atoms with Gasteiger partial charge < -0.3 is 4.74 Å². The molecule has 13 heavy (non-hydrogen) atoms. The molecule has 0 aromatic rings. The standard InChI is InChI=1S/C10H12O3/c1-2-13-6-5-8-7-9(11)3-4-10(8)12/h3-4,7H,2,5-6H2,1H3. The van der Waals surface area contributed by atoms with Crippen LogP contribution in [0.15, 0.2) is 23.8 Å². The summed E-state index contributed by atoms with van der Waals surface area (Å²) in [6.45, 7) is 3.02.